The van der Waals surface area contributed by atoms with Crippen molar-refractivity contribution in [3.8, 4) is 0 Å². The van der Waals surface area contributed by atoms with E-state index in [1.54, 1.807) is 0 Å². The summed E-state index contributed by atoms with van der Waals surface area (Å²) in [6, 6.07) is 12.2. The van der Waals surface area contributed by atoms with Gasteiger partial charge in [-0.2, -0.15) is 13.2 Å². The van der Waals surface area contributed by atoms with Crippen molar-refractivity contribution in [2.75, 3.05) is 18.0 Å². The van der Waals surface area contributed by atoms with Gasteiger partial charge < -0.3 is 4.90 Å². The van der Waals surface area contributed by atoms with E-state index >= 15 is 0 Å². The second-order valence-electron chi connectivity index (χ2n) is 7.98. The quantitative estimate of drug-likeness (QED) is 0.484. The summed E-state index contributed by atoms with van der Waals surface area (Å²) in [5, 5.41) is 2.17. The van der Waals surface area contributed by atoms with E-state index in [1.807, 2.05) is 17.5 Å². The van der Waals surface area contributed by atoms with Crippen molar-refractivity contribution in [2.45, 2.75) is 42.5 Å². The number of benzene rings is 2. The van der Waals surface area contributed by atoms with Crippen LogP contribution in [0.4, 0.5) is 18.3 Å². The van der Waals surface area contributed by atoms with Gasteiger partial charge in [0, 0.05) is 24.9 Å². The summed E-state index contributed by atoms with van der Waals surface area (Å²) in [7, 11) is -3.83. The van der Waals surface area contributed by atoms with E-state index in [4.69, 9.17) is 4.98 Å². The van der Waals surface area contributed by atoms with Gasteiger partial charge in [-0.1, -0.05) is 30.3 Å². The van der Waals surface area contributed by atoms with Gasteiger partial charge >= 0.3 is 6.18 Å². The van der Waals surface area contributed by atoms with Crippen LogP contribution in [-0.2, 0) is 22.4 Å². The smallest absolute Gasteiger partial charge is 0.348 e. The molecule has 4 nitrogen and oxygen atoms in total. The molecule has 0 unspecified atom stereocenters. The number of rotatable bonds is 5. The lowest BCUT2D eigenvalue weighted by molar-refractivity contribution is -0.137. The van der Waals surface area contributed by atoms with Crippen molar-refractivity contribution < 1.29 is 21.6 Å². The second kappa shape index (κ2) is 8.86. The molecule has 0 saturated carbocycles. The fraction of sp³-hybridized carbons (Fsp3) is 0.348. The van der Waals surface area contributed by atoms with Crippen LogP contribution in [0.15, 0.2) is 58.8 Å². The Bertz CT molecular complexity index is 1200. The van der Waals surface area contributed by atoms with E-state index in [-0.39, 0.29) is 4.90 Å². The van der Waals surface area contributed by atoms with Crippen molar-refractivity contribution in [1.82, 2.24) is 4.98 Å². The molecular weight excluding hydrogens is 457 g/mol. The molecule has 1 saturated heterocycles. The lowest BCUT2D eigenvalue weighted by atomic mass is 10.1. The van der Waals surface area contributed by atoms with E-state index in [2.05, 4.69) is 24.0 Å². The highest BCUT2D eigenvalue weighted by Crippen LogP contribution is 2.33. The van der Waals surface area contributed by atoms with Crippen molar-refractivity contribution in [1.29, 1.82) is 0 Å². The maximum Gasteiger partial charge on any atom is 0.416 e. The van der Waals surface area contributed by atoms with Gasteiger partial charge in [0.05, 0.1) is 21.4 Å². The van der Waals surface area contributed by atoms with E-state index in [9.17, 15) is 21.6 Å². The van der Waals surface area contributed by atoms with E-state index < -0.39 is 26.8 Å². The molecule has 170 valence electrons. The Morgan fingerprint density at radius 1 is 1.09 bits per heavy atom. The zero-order valence-electron chi connectivity index (χ0n) is 17.5. The molecule has 1 aliphatic heterocycles. The highest BCUT2D eigenvalue weighted by atomic mass is 32.2. The molecule has 3 aromatic rings. The topological polar surface area (TPSA) is 50.3 Å². The highest BCUT2D eigenvalue weighted by molar-refractivity contribution is 7.92. The van der Waals surface area contributed by atoms with Gasteiger partial charge in [-0.15, -0.1) is 11.3 Å². The summed E-state index contributed by atoms with van der Waals surface area (Å²) in [6.45, 7) is 3.07. The van der Waals surface area contributed by atoms with Crippen molar-refractivity contribution >= 4 is 26.3 Å². The van der Waals surface area contributed by atoms with Crippen LogP contribution in [0.1, 0.15) is 35.2 Å². The minimum atomic E-state index is -4.57. The summed E-state index contributed by atoms with van der Waals surface area (Å²) in [5.74, 6) is 0. The monoisotopic (exact) mass is 480 g/mol. The van der Waals surface area contributed by atoms with Crippen LogP contribution in [0.25, 0.3) is 0 Å². The third kappa shape index (κ3) is 4.83. The molecule has 0 amide bonds. The second-order valence-corrected chi connectivity index (χ2v) is 11.0. The summed E-state index contributed by atoms with van der Waals surface area (Å²) in [5.41, 5.74) is 2.45. The Kier molecular flexibility index (Phi) is 6.31. The number of sulfone groups is 1. The lowest BCUT2D eigenvalue weighted by Crippen LogP contribution is -2.39. The number of anilines is 1. The average molecular weight is 481 g/mol. The van der Waals surface area contributed by atoms with Crippen LogP contribution in [0.5, 0.6) is 0 Å². The standard InChI is InChI=1S/C23H23F3N2O2S2/c1-16-5-2-3-6-17(16)13-19-15-31-22(27-19)28-11-9-20(10-12-28)32(29,30)21-8-4-7-18(14-21)23(24,25)26/h2-8,14-15,20H,9-13H2,1H3. The van der Waals surface area contributed by atoms with Gasteiger partial charge in [-0.25, -0.2) is 13.4 Å². The number of piperidine rings is 1. The van der Waals surface area contributed by atoms with Crippen LogP contribution in [0, 0.1) is 6.92 Å². The first-order chi connectivity index (χ1) is 15.1. The Morgan fingerprint density at radius 3 is 2.50 bits per heavy atom. The number of hydrogen-bond acceptors (Lipinski definition) is 5. The number of aryl methyl sites for hydroxylation is 1. The van der Waals surface area contributed by atoms with Crippen LogP contribution in [-0.4, -0.2) is 31.7 Å². The largest absolute Gasteiger partial charge is 0.416 e. The van der Waals surface area contributed by atoms with Gasteiger partial charge in [0.25, 0.3) is 0 Å². The molecule has 0 radical (unpaired) electrons. The number of thiazole rings is 1. The van der Waals surface area contributed by atoms with Gasteiger partial charge in [-0.05, 0) is 49.1 Å². The predicted molar refractivity (Wildman–Crippen MR) is 120 cm³/mol. The summed E-state index contributed by atoms with van der Waals surface area (Å²) >= 11 is 1.53. The minimum absolute atomic E-state index is 0.263. The molecule has 9 heteroatoms. The molecule has 0 spiro atoms. The van der Waals surface area contributed by atoms with Gasteiger partial charge in [0.1, 0.15) is 0 Å². The number of alkyl halides is 3. The summed E-state index contributed by atoms with van der Waals surface area (Å²) in [4.78, 5) is 6.52. The Balaban J connectivity index is 1.42. The first-order valence-corrected chi connectivity index (χ1v) is 12.7. The van der Waals surface area contributed by atoms with Crippen molar-refractivity contribution in [2.24, 2.45) is 0 Å². The van der Waals surface area contributed by atoms with E-state index in [0.717, 1.165) is 35.4 Å². The molecular formula is C23H23F3N2O2S2. The predicted octanol–water partition coefficient (Wildman–Crippen LogP) is 5.50. The number of nitrogens with zero attached hydrogens (tertiary/aromatic N) is 2. The summed E-state index contributed by atoms with van der Waals surface area (Å²) in [6.07, 6.45) is -3.13. The SMILES string of the molecule is Cc1ccccc1Cc1csc(N2CCC(S(=O)(=O)c3cccc(C(F)(F)F)c3)CC2)n1. The van der Waals surface area contributed by atoms with Crippen molar-refractivity contribution in [3.63, 3.8) is 0 Å². The third-order valence-corrected chi connectivity index (χ3v) is 9.02. The normalized spacial score (nSPS) is 15.8. The molecule has 0 bridgehead atoms. The van der Waals surface area contributed by atoms with Crippen LogP contribution >= 0.6 is 11.3 Å². The number of aromatic nitrogens is 1. The molecule has 2 aromatic carbocycles. The third-order valence-electron chi connectivity index (χ3n) is 5.81. The Labute approximate surface area is 189 Å². The maximum atomic E-state index is 13.0. The highest BCUT2D eigenvalue weighted by Gasteiger charge is 2.35. The fourth-order valence-electron chi connectivity index (χ4n) is 3.93. The summed E-state index contributed by atoms with van der Waals surface area (Å²) < 4.78 is 64.9. The molecule has 1 aliphatic rings. The molecule has 2 heterocycles. The van der Waals surface area contributed by atoms with E-state index in [1.165, 1.54) is 28.5 Å². The number of halogens is 3. The Morgan fingerprint density at radius 2 is 1.81 bits per heavy atom. The first-order valence-electron chi connectivity index (χ1n) is 10.3. The van der Waals surface area contributed by atoms with Crippen molar-refractivity contribution in [3.05, 3.63) is 76.3 Å². The molecule has 0 aliphatic carbocycles. The van der Waals surface area contributed by atoms with Gasteiger partial charge in [0.15, 0.2) is 15.0 Å². The van der Waals surface area contributed by atoms with Crippen LogP contribution < -0.4 is 4.90 Å². The molecule has 4 rings (SSSR count). The Hall–Kier alpha value is -2.39. The van der Waals surface area contributed by atoms with Crippen LogP contribution in [0.3, 0.4) is 0 Å². The average Bonchev–Trinajstić information content (AvgIpc) is 3.23. The molecule has 0 atom stereocenters. The molecule has 1 aromatic heterocycles. The van der Waals surface area contributed by atoms with E-state index in [0.29, 0.717) is 25.9 Å². The molecule has 1 fully saturated rings. The molecule has 32 heavy (non-hydrogen) atoms. The van der Waals surface area contributed by atoms with Gasteiger partial charge in [-0.3, -0.25) is 0 Å². The zero-order chi connectivity index (χ0) is 22.9. The minimum Gasteiger partial charge on any atom is -0.348 e. The number of hydrogen-bond donors (Lipinski definition) is 0. The van der Waals surface area contributed by atoms with Crippen LogP contribution in [0.2, 0.25) is 0 Å². The fourth-order valence-corrected chi connectivity index (χ4v) is 6.58. The van der Waals surface area contributed by atoms with Gasteiger partial charge in [0.2, 0.25) is 0 Å². The maximum absolute atomic E-state index is 13.0. The molecule has 0 N–H and O–H groups in total. The first kappa shape index (κ1) is 22.8. The lowest BCUT2D eigenvalue weighted by Gasteiger charge is -2.31. The zero-order valence-corrected chi connectivity index (χ0v) is 19.1.